The predicted octanol–water partition coefficient (Wildman–Crippen LogP) is 4.33. The number of halogens is 1. The third-order valence-electron chi connectivity index (χ3n) is 5.97. The molecule has 4 aromatic rings. The van der Waals surface area contributed by atoms with E-state index in [1.165, 1.54) is 12.1 Å². The Morgan fingerprint density at radius 2 is 1.79 bits per heavy atom. The number of ether oxygens (including phenoxy) is 1. The molecule has 1 aliphatic rings. The maximum Gasteiger partial charge on any atom is 0.255 e. The molecule has 0 radical (unpaired) electrons. The standard InChI is InChI=1S/C26H22FN3O3/c1-33-19-11-7-17(8-12-19)15-30-24(25(31)29-13-16-5-9-18(27)10-6-16)21-14-28-22-4-2-3-20(23(21)22)26(30)32/h2-12,14,24,28H,13,15H2,1H3,(H,29,31). The molecule has 6 nitrogen and oxygen atoms in total. The largest absolute Gasteiger partial charge is 0.497 e. The van der Waals surface area contributed by atoms with E-state index in [9.17, 15) is 14.0 Å². The molecule has 0 bridgehead atoms. The van der Waals surface area contributed by atoms with Gasteiger partial charge in [-0.25, -0.2) is 4.39 Å². The van der Waals surface area contributed by atoms with Gasteiger partial charge in [-0.05, 0) is 47.5 Å². The number of methoxy groups -OCH3 is 1. The highest BCUT2D eigenvalue weighted by molar-refractivity contribution is 6.12. The highest BCUT2D eigenvalue weighted by Crippen LogP contribution is 2.38. The summed E-state index contributed by atoms with van der Waals surface area (Å²) in [6, 6.07) is 18.1. The van der Waals surface area contributed by atoms with Crippen LogP contribution in [0, 0.1) is 5.82 Å². The van der Waals surface area contributed by atoms with Crippen LogP contribution in [-0.2, 0) is 17.9 Å². The molecular formula is C26H22FN3O3. The Morgan fingerprint density at radius 1 is 1.06 bits per heavy atom. The van der Waals surface area contributed by atoms with Gasteiger partial charge < -0.3 is 19.9 Å². The molecule has 0 aliphatic carbocycles. The number of aromatic amines is 1. The SMILES string of the molecule is COc1ccc(CN2C(=O)c3cccc4[nH]cc(c34)C2C(=O)NCc2ccc(F)cc2)cc1. The molecule has 2 heterocycles. The van der Waals surface area contributed by atoms with Gasteiger partial charge in [0.25, 0.3) is 5.91 Å². The van der Waals surface area contributed by atoms with Crippen LogP contribution in [0.25, 0.3) is 10.9 Å². The van der Waals surface area contributed by atoms with Crippen molar-refractivity contribution in [3.63, 3.8) is 0 Å². The molecule has 0 spiro atoms. The molecule has 1 aliphatic heterocycles. The number of nitrogens with zero attached hydrogens (tertiary/aromatic N) is 1. The van der Waals surface area contributed by atoms with Gasteiger partial charge in [0.15, 0.2) is 0 Å². The molecule has 166 valence electrons. The van der Waals surface area contributed by atoms with E-state index in [-0.39, 0.29) is 30.7 Å². The van der Waals surface area contributed by atoms with Crippen molar-refractivity contribution in [1.82, 2.24) is 15.2 Å². The van der Waals surface area contributed by atoms with E-state index in [2.05, 4.69) is 10.3 Å². The van der Waals surface area contributed by atoms with Crippen molar-refractivity contribution in [2.45, 2.75) is 19.1 Å². The van der Waals surface area contributed by atoms with Gasteiger partial charge in [-0.3, -0.25) is 9.59 Å². The van der Waals surface area contributed by atoms with Crippen LogP contribution in [0.3, 0.4) is 0 Å². The minimum Gasteiger partial charge on any atom is -0.497 e. The summed E-state index contributed by atoms with van der Waals surface area (Å²) >= 11 is 0. The second-order valence-corrected chi connectivity index (χ2v) is 8.00. The number of hydrogen-bond donors (Lipinski definition) is 2. The number of carbonyl (C=O) groups is 2. The van der Waals surface area contributed by atoms with Crippen molar-refractivity contribution in [3.8, 4) is 5.75 Å². The average Bonchev–Trinajstić information content (AvgIpc) is 3.27. The Kier molecular flexibility index (Phi) is 5.30. The van der Waals surface area contributed by atoms with E-state index in [1.54, 1.807) is 36.4 Å². The summed E-state index contributed by atoms with van der Waals surface area (Å²) in [5.74, 6) is -0.114. The fourth-order valence-electron chi connectivity index (χ4n) is 4.31. The third-order valence-corrected chi connectivity index (χ3v) is 5.97. The zero-order chi connectivity index (χ0) is 22.9. The summed E-state index contributed by atoms with van der Waals surface area (Å²) in [7, 11) is 1.60. The molecule has 5 rings (SSSR count). The van der Waals surface area contributed by atoms with Crippen LogP contribution in [0.4, 0.5) is 4.39 Å². The maximum absolute atomic E-state index is 13.5. The van der Waals surface area contributed by atoms with Gasteiger partial charge in [0.1, 0.15) is 17.6 Å². The van der Waals surface area contributed by atoms with Crippen molar-refractivity contribution < 1.29 is 18.7 Å². The van der Waals surface area contributed by atoms with Crippen molar-refractivity contribution in [1.29, 1.82) is 0 Å². The molecular weight excluding hydrogens is 421 g/mol. The van der Waals surface area contributed by atoms with E-state index < -0.39 is 6.04 Å². The average molecular weight is 443 g/mol. The van der Waals surface area contributed by atoms with Crippen LogP contribution in [0.2, 0.25) is 0 Å². The number of H-pyrrole nitrogens is 1. The molecule has 0 saturated heterocycles. The van der Waals surface area contributed by atoms with Gasteiger partial charge in [0.2, 0.25) is 5.91 Å². The van der Waals surface area contributed by atoms with E-state index in [0.29, 0.717) is 5.56 Å². The first kappa shape index (κ1) is 20.8. The lowest BCUT2D eigenvalue weighted by Gasteiger charge is -2.34. The molecule has 3 aromatic carbocycles. The zero-order valence-electron chi connectivity index (χ0n) is 18.0. The zero-order valence-corrected chi connectivity index (χ0v) is 18.0. The summed E-state index contributed by atoms with van der Waals surface area (Å²) in [6.45, 7) is 0.494. The molecule has 1 unspecified atom stereocenters. The Hall–Kier alpha value is -4.13. The van der Waals surface area contributed by atoms with Crippen LogP contribution in [0.1, 0.15) is 33.1 Å². The van der Waals surface area contributed by atoms with Crippen LogP contribution < -0.4 is 10.1 Å². The van der Waals surface area contributed by atoms with Gasteiger partial charge >= 0.3 is 0 Å². The van der Waals surface area contributed by atoms with Gasteiger partial charge in [0, 0.05) is 41.3 Å². The van der Waals surface area contributed by atoms with Crippen molar-refractivity contribution >= 4 is 22.7 Å². The Morgan fingerprint density at radius 3 is 2.52 bits per heavy atom. The van der Waals surface area contributed by atoms with Crippen LogP contribution >= 0.6 is 0 Å². The second-order valence-electron chi connectivity index (χ2n) is 8.00. The summed E-state index contributed by atoms with van der Waals surface area (Å²) in [5.41, 5.74) is 3.79. The second kappa shape index (κ2) is 8.43. The molecule has 1 atom stereocenters. The fraction of sp³-hybridized carbons (Fsp3) is 0.154. The monoisotopic (exact) mass is 443 g/mol. The number of rotatable bonds is 6. The van der Waals surface area contributed by atoms with Crippen LogP contribution in [0.5, 0.6) is 5.75 Å². The van der Waals surface area contributed by atoms with E-state index in [0.717, 1.165) is 33.3 Å². The number of amides is 2. The normalized spacial score (nSPS) is 15.0. The minimum atomic E-state index is -0.802. The Balaban J connectivity index is 1.49. The first-order valence-electron chi connectivity index (χ1n) is 10.6. The fourth-order valence-corrected chi connectivity index (χ4v) is 4.31. The number of hydrogen-bond acceptors (Lipinski definition) is 3. The first-order chi connectivity index (χ1) is 16.0. The Bertz CT molecular complexity index is 1330. The first-order valence-corrected chi connectivity index (χ1v) is 10.6. The molecule has 33 heavy (non-hydrogen) atoms. The minimum absolute atomic E-state index is 0.203. The molecule has 7 heteroatoms. The number of benzene rings is 3. The maximum atomic E-state index is 13.5. The highest BCUT2D eigenvalue weighted by atomic mass is 19.1. The lowest BCUT2D eigenvalue weighted by molar-refractivity contribution is -0.126. The highest BCUT2D eigenvalue weighted by Gasteiger charge is 2.39. The molecule has 0 fully saturated rings. The summed E-state index contributed by atoms with van der Waals surface area (Å²) in [6.07, 6.45) is 1.80. The molecule has 2 amide bonds. The van der Waals surface area contributed by atoms with Crippen molar-refractivity contribution in [3.05, 3.63) is 101 Å². The topological polar surface area (TPSA) is 74.4 Å². The third kappa shape index (κ3) is 3.82. The summed E-state index contributed by atoms with van der Waals surface area (Å²) in [4.78, 5) is 31.7. The smallest absolute Gasteiger partial charge is 0.255 e. The molecule has 0 saturated carbocycles. The van der Waals surface area contributed by atoms with Gasteiger partial charge in [-0.2, -0.15) is 0 Å². The predicted molar refractivity (Wildman–Crippen MR) is 122 cm³/mol. The number of aromatic nitrogens is 1. The Labute approximate surface area is 190 Å². The van der Waals surface area contributed by atoms with E-state index in [1.807, 2.05) is 36.4 Å². The summed E-state index contributed by atoms with van der Waals surface area (Å²) in [5, 5.41) is 3.69. The number of nitrogens with one attached hydrogen (secondary N) is 2. The van der Waals surface area contributed by atoms with Crippen LogP contribution in [0.15, 0.2) is 72.9 Å². The molecule has 1 aromatic heterocycles. The van der Waals surface area contributed by atoms with Gasteiger partial charge in [-0.15, -0.1) is 0 Å². The van der Waals surface area contributed by atoms with Gasteiger partial charge in [0.05, 0.1) is 7.11 Å². The van der Waals surface area contributed by atoms with Crippen molar-refractivity contribution in [2.75, 3.05) is 7.11 Å². The van der Waals surface area contributed by atoms with Gasteiger partial charge in [-0.1, -0.05) is 30.3 Å². The van der Waals surface area contributed by atoms with E-state index in [4.69, 9.17) is 4.74 Å². The van der Waals surface area contributed by atoms with Crippen molar-refractivity contribution in [2.24, 2.45) is 0 Å². The van der Waals surface area contributed by atoms with Crippen LogP contribution in [-0.4, -0.2) is 28.8 Å². The molecule has 2 N–H and O–H groups in total. The quantitative estimate of drug-likeness (QED) is 0.466. The van der Waals surface area contributed by atoms with E-state index >= 15 is 0 Å². The lowest BCUT2D eigenvalue weighted by atomic mass is 9.93. The number of carbonyl (C=O) groups excluding carboxylic acids is 2. The summed E-state index contributed by atoms with van der Waals surface area (Å²) < 4.78 is 18.4. The lowest BCUT2D eigenvalue weighted by Crippen LogP contribution is -2.45.